The second-order valence-corrected chi connectivity index (χ2v) is 8.78. The molecule has 3 aliphatic rings. The average molecular weight is 465 g/mol. The van der Waals surface area contributed by atoms with Gasteiger partial charge in [0, 0.05) is 18.0 Å². The summed E-state index contributed by atoms with van der Waals surface area (Å²) in [4.78, 5) is 49.5. The molecule has 0 unspecified atom stereocenters. The Hall–Kier alpha value is -3.95. The molecule has 176 valence electrons. The lowest BCUT2D eigenvalue weighted by molar-refractivity contribution is -0.385. The first-order valence-electron chi connectivity index (χ1n) is 11.2. The Balaban J connectivity index is 1.30. The third kappa shape index (κ3) is 3.64. The largest absolute Gasteiger partial charge is 0.486 e. The number of nitro groups is 1. The van der Waals surface area contributed by atoms with Crippen molar-refractivity contribution in [2.24, 2.45) is 0 Å². The van der Waals surface area contributed by atoms with Crippen LogP contribution in [0.25, 0.3) is 0 Å². The lowest BCUT2D eigenvalue weighted by Crippen LogP contribution is -2.45. The predicted molar refractivity (Wildman–Crippen MR) is 119 cm³/mol. The maximum Gasteiger partial charge on any atom is 0.282 e. The Labute approximate surface area is 195 Å². The SMILES string of the molecule is O=C(CN1C(=O)c2cccc([N+](=O)[O-])c2C1=O)NCC1(c2ccc3c(c2)OCCO3)CCCC1. The highest BCUT2D eigenvalue weighted by Crippen LogP contribution is 2.44. The molecule has 5 rings (SSSR count). The summed E-state index contributed by atoms with van der Waals surface area (Å²) in [7, 11) is 0. The molecule has 10 heteroatoms. The van der Waals surface area contributed by atoms with Gasteiger partial charge >= 0.3 is 0 Å². The van der Waals surface area contributed by atoms with E-state index < -0.39 is 34.9 Å². The number of carbonyl (C=O) groups excluding carboxylic acids is 3. The Morgan fingerprint density at radius 1 is 1.06 bits per heavy atom. The van der Waals surface area contributed by atoms with Crippen LogP contribution in [0.15, 0.2) is 36.4 Å². The van der Waals surface area contributed by atoms with Gasteiger partial charge in [-0.2, -0.15) is 0 Å². The van der Waals surface area contributed by atoms with E-state index >= 15 is 0 Å². The summed E-state index contributed by atoms with van der Waals surface area (Å²) in [5, 5.41) is 14.2. The number of ether oxygens (including phenoxy) is 2. The topological polar surface area (TPSA) is 128 Å². The quantitative estimate of drug-likeness (QED) is 0.394. The van der Waals surface area contributed by atoms with Gasteiger partial charge in [-0.15, -0.1) is 0 Å². The van der Waals surface area contributed by atoms with Gasteiger partial charge in [0.2, 0.25) is 5.91 Å². The van der Waals surface area contributed by atoms with E-state index in [1.807, 2.05) is 18.2 Å². The number of fused-ring (bicyclic) bond motifs is 2. The van der Waals surface area contributed by atoms with Crippen LogP contribution in [0.2, 0.25) is 0 Å². The smallest absolute Gasteiger partial charge is 0.282 e. The van der Waals surface area contributed by atoms with Crippen LogP contribution in [-0.2, 0) is 10.2 Å². The molecule has 3 amide bonds. The number of amides is 3. The normalized spacial score (nSPS) is 18.1. The van der Waals surface area contributed by atoms with E-state index in [2.05, 4.69) is 5.32 Å². The van der Waals surface area contributed by atoms with Crippen molar-refractivity contribution in [3.05, 3.63) is 63.2 Å². The van der Waals surface area contributed by atoms with E-state index in [1.54, 1.807) is 0 Å². The highest BCUT2D eigenvalue weighted by molar-refractivity contribution is 6.24. The number of imide groups is 1. The summed E-state index contributed by atoms with van der Waals surface area (Å²) in [5.74, 6) is -0.645. The molecule has 2 aliphatic heterocycles. The Kier molecular flexibility index (Phi) is 5.43. The maximum atomic E-state index is 12.8. The van der Waals surface area contributed by atoms with Gasteiger partial charge in [0.15, 0.2) is 11.5 Å². The molecule has 1 N–H and O–H groups in total. The first-order valence-corrected chi connectivity index (χ1v) is 11.2. The van der Waals surface area contributed by atoms with Crippen molar-refractivity contribution in [1.82, 2.24) is 10.2 Å². The lowest BCUT2D eigenvalue weighted by atomic mass is 9.78. The third-order valence-electron chi connectivity index (χ3n) is 6.81. The van der Waals surface area contributed by atoms with Crippen LogP contribution >= 0.6 is 0 Å². The second kappa shape index (κ2) is 8.44. The molecule has 0 radical (unpaired) electrons. The van der Waals surface area contributed by atoms with Gasteiger partial charge in [-0.25, -0.2) is 0 Å². The fourth-order valence-electron chi connectivity index (χ4n) is 5.07. The van der Waals surface area contributed by atoms with Crippen molar-refractivity contribution in [2.45, 2.75) is 31.1 Å². The van der Waals surface area contributed by atoms with E-state index in [-0.39, 0.29) is 16.5 Å². The summed E-state index contributed by atoms with van der Waals surface area (Å²) < 4.78 is 11.3. The van der Waals surface area contributed by atoms with Gasteiger partial charge in [-0.1, -0.05) is 25.0 Å². The number of nitrogens with one attached hydrogen (secondary N) is 1. The standard InChI is InChI=1S/C24H23N3O7/c28-20(13-26-22(29)16-4-3-5-17(27(31)32)21(16)23(26)30)25-14-24(8-1-2-9-24)15-6-7-18-19(12-15)34-11-10-33-18/h3-7,12H,1-2,8-11,13-14H2,(H,25,28). The number of nitrogens with zero attached hydrogens (tertiary/aromatic N) is 2. The average Bonchev–Trinajstić information content (AvgIpc) is 3.42. The molecule has 1 saturated carbocycles. The minimum absolute atomic E-state index is 0.0597. The van der Waals surface area contributed by atoms with Crippen molar-refractivity contribution in [2.75, 3.05) is 26.3 Å². The minimum Gasteiger partial charge on any atom is -0.486 e. The van der Waals surface area contributed by atoms with Crippen molar-refractivity contribution in [1.29, 1.82) is 0 Å². The zero-order valence-corrected chi connectivity index (χ0v) is 18.4. The van der Waals surface area contributed by atoms with Crippen LogP contribution < -0.4 is 14.8 Å². The second-order valence-electron chi connectivity index (χ2n) is 8.78. The molecule has 1 fully saturated rings. The van der Waals surface area contributed by atoms with E-state index in [1.165, 1.54) is 18.2 Å². The lowest BCUT2D eigenvalue weighted by Gasteiger charge is -2.31. The zero-order chi connectivity index (χ0) is 23.9. The first-order chi connectivity index (χ1) is 16.4. The highest BCUT2D eigenvalue weighted by Gasteiger charge is 2.42. The van der Waals surface area contributed by atoms with Gasteiger partial charge < -0.3 is 14.8 Å². The van der Waals surface area contributed by atoms with Crippen LogP contribution in [0.1, 0.15) is 52.0 Å². The molecule has 2 aromatic carbocycles. The number of carbonyl (C=O) groups is 3. The fraction of sp³-hybridized carbons (Fsp3) is 0.375. The fourth-order valence-corrected chi connectivity index (χ4v) is 5.07. The summed E-state index contributed by atoms with van der Waals surface area (Å²) in [5.41, 5.74) is -0.00992. The molecule has 0 saturated heterocycles. The molecule has 10 nitrogen and oxygen atoms in total. The minimum atomic E-state index is -0.829. The number of hydrogen-bond donors (Lipinski definition) is 1. The number of benzene rings is 2. The van der Waals surface area contributed by atoms with Crippen LogP contribution in [0.5, 0.6) is 11.5 Å². The van der Waals surface area contributed by atoms with Gasteiger partial charge in [-0.05, 0) is 36.6 Å². The monoisotopic (exact) mass is 465 g/mol. The number of rotatable bonds is 6. The summed E-state index contributed by atoms with van der Waals surface area (Å²) >= 11 is 0. The first kappa shape index (κ1) is 21.9. The van der Waals surface area contributed by atoms with E-state index in [4.69, 9.17) is 9.47 Å². The molecular formula is C24H23N3O7. The van der Waals surface area contributed by atoms with E-state index in [0.29, 0.717) is 31.3 Å². The highest BCUT2D eigenvalue weighted by atomic mass is 16.6. The molecule has 0 bridgehead atoms. The molecular weight excluding hydrogens is 442 g/mol. The summed E-state index contributed by atoms with van der Waals surface area (Å²) in [6.45, 7) is 0.836. The predicted octanol–water partition coefficient (Wildman–Crippen LogP) is 2.59. The van der Waals surface area contributed by atoms with E-state index in [0.717, 1.165) is 36.1 Å². The number of nitro benzene ring substituents is 1. The molecule has 0 aromatic heterocycles. The molecule has 2 aromatic rings. The zero-order valence-electron chi connectivity index (χ0n) is 18.4. The van der Waals surface area contributed by atoms with Crippen molar-refractivity contribution in [3.8, 4) is 11.5 Å². The van der Waals surface area contributed by atoms with Crippen LogP contribution in [0.3, 0.4) is 0 Å². The molecule has 2 heterocycles. The third-order valence-corrected chi connectivity index (χ3v) is 6.81. The molecule has 0 spiro atoms. The molecule has 34 heavy (non-hydrogen) atoms. The van der Waals surface area contributed by atoms with Crippen LogP contribution in [0, 0.1) is 10.1 Å². The van der Waals surface area contributed by atoms with Crippen molar-refractivity contribution >= 4 is 23.4 Å². The number of hydrogen-bond acceptors (Lipinski definition) is 7. The van der Waals surface area contributed by atoms with Gasteiger partial charge in [-0.3, -0.25) is 29.4 Å². The molecule has 1 aliphatic carbocycles. The Bertz CT molecular complexity index is 1200. The maximum absolute atomic E-state index is 12.8. The molecule has 0 atom stereocenters. The van der Waals surface area contributed by atoms with Crippen LogP contribution in [-0.4, -0.2) is 53.8 Å². The van der Waals surface area contributed by atoms with Gasteiger partial charge in [0.05, 0.1) is 10.5 Å². The Morgan fingerprint density at radius 2 is 1.79 bits per heavy atom. The summed E-state index contributed by atoms with van der Waals surface area (Å²) in [6.07, 6.45) is 3.80. The van der Waals surface area contributed by atoms with Gasteiger partial charge in [0.1, 0.15) is 25.3 Å². The Morgan fingerprint density at radius 3 is 2.53 bits per heavy atom. The summed E-state index contributed by atoms with van der Waals surface area (Å²) in [6, 6.07) is 9.73. The van der Waals surface area contributed by atoms with Crippen molar-refractivity contribution < 1.29 is 28.8 Å². The van der Waals surface area contributed by atoms with Gasteiger partial charge in [0.25, 0.3) is 17.5 Å². The van der Waals surface area contributed by atoms with E-state index in [9.17, 15) is 24.5 Å². The van der Waals surface area contributed by atoms with Crippen LogP contribution in [0.4, 0.5) is 5.69 Å². The van der Waals surface area contributed by atoms with Crippen molar-refractivity contribution in [3.63, 3.8) is 0 Å².